The fourth-order valence-corrected chi connectivity index (χ4v) is 10.1. The highest BCUT2D eigenvalue weighted by Crippen LogP contribution is 2.68. The van der Waals surface area contributed by atoms with Crippen LogP contribution in [0.2, 0.25) is 0 Å². The van der Waals surface area contributed by atoms with Gasteiger partial charge >= 0.3 is 0 Å². The van der Waals surface area contributed by atoms with Gasteiger partial charge in [-0.25, -0.2) is 0 Å². The van der Waals surface area contributed by atoms with Gasteiger partial charge in [0, 0.05) is 6.61 Å². The first kappa shape index (κ1) is 29.9. The van der Waals surface area contributed by atoms with Gasteiger partial charge in [0.25, 0.3) is 0 Å². The van der Waals surface area contributed by atoms with E-state index in [2.05, 4.69) is 26.1 Å². The summed E-state index contributed by atoms with van der Waals surface area (Å²) < 4.78 is 6.76. The Morgan fingerprint density at radius 1 is 0.784 bits per heavy atom. The lowest BCUT2D eigenvalue weighted by atomic mass is 9.44. The van der Waals surface area contributed by atoms with Crippen LogP contribution in [0, 0.1) is 40.4 Å². The van der Waals surface area contributed by atoms with Crippen molar-refractivity contribution in [1.29, 1.82) is 0 Å². The Morgan fingerprint density at radius 3 is 2.35 bits per heavy atom. The number of unbranched alkanes of at least 4 members (excludes halogenated alkanes) is 6. The van der Waals surface area contributed by atoms with Gasteiger partial charge in [0.15, 0.2) is 0 Å². The van der Waals surface area contributed by atoms with E-state index in [0.29, 0.717) is 16.9 Å². The summed E-state index contributed by atoms with van der Waals surface area (Å²) in [5.74, 6) is 4.44. The zero-order valence-electron chi connectivity index (χ0n) is 25.2. The summed E-state index contributed by atoms with van der Waals surface area (Å²) in [6, 6.07) is 0. The summed E-state index contributed by atoms with van der Waals surface area (Å²) in [4.78, 5) is 0. The maximum atomic E-state index is 6.76. The minimum atomic E-state index is 0.502. The van der Waals surface area contributed by atoms with Gasteiger partial charge in [-0.3, -0.25) is 0 Å². The topological polar surface area (TPSA) is 47.3 Å². The average Bonchev–Trinajstić information content (AvgIpc) is 3.23. The zero-order valence-corrected chi connectivity index (χ0v) is 25.2. The van der Waals surface area contributed by atoms with Gasteiger partial charge in [0.1, 0.15) is 0 Å². The molecule has 3 heteroatoms. The van der Waals surface area contributed by atoms with Gasteiger partial charge in [-0.05, 0) is 131 Å². The molecule has 0 aromatic heterocycles. The third-order valence-electron chi connectivity index (χ3n) is 12.3. The smallest absolute Gasteiger partial charge is 0.0611 e. The number of rotatable bonds is 16. The Hall–Kier alpha value is -0.120. The number of hydrogen-bond acceptors (Lipinski definition) is 3. The first-order chi connectivity index (χ1) is 18.0. The third-order valence-corrected chi connectivity index (χ3v) is 12.3. The highest BCUT2D eigenvalue weighted by molar-refractivity contribution is 5.11. The summed E-state index contributed by atoms with van der Waals surface area (Å²) in [5.41, 5.74) is 6.99. The van der Waals surface area contributed by atoms with Gasteiger partial charge in [-0.1, -0.05) is 72.1 Å². The van der Waals surface area contributed by atoms with Crippen molar-refractivity contribution >= 4 is 0 Å². The van der Waals surface area contributed by atoms with E-state index in [1.54, 1.807) is 0 Å². The molecule has 4 saturated carbocycles. The van der Waals surface area contributed by atoms with Crippen molar-refractivity contribution in [2.45, 2.75) is 149 Å². The molecule has 216 valence electrons. The van der Waals surface area contributed by atoms with Crippen molar-refractivity contribution in [1.82, 2.24) is 5.32 Å². The largest absolute Gasteiger partial charge is 0.378 e. The van der Waals surface area contributed by atoms with Crippen LogP contribution in [0.3, 0.4) is 0 Å². The van der Waals surface area contributed by atoms with Crippen LogP contribution in [-0.2, 0) is 4.74 Å². The fraction of sp³-hybridized carbons (Fsp3) is 1.00. The summed E-state index contributed by atoms with van der Waals surface area (Å²) in [7, 11) is 0. The number of nitrogens with one attached hydrogen (secondary N) is 1. The molecule has 4 aliphatic carbocycles. The molecule has 0 radical (unpaired) electrons. The molecule has 0 bridgehead atoms. The van der Waals surface area contributed by atoms with Crippen LogP contribution in [0.15, 0.2) is 0 Å². The number of hydrogen-bond donors (Lipinski definition) is 2. The van der Waals surface area contributed by atoms with Crippen molar-refractivity contribution < 1.29 is 4.74 Å². The average molecular weight is 517 g/mol. The summed E-state index contributed by atoms with van der Waals surface area (Å²) in [6.07, 6.45) is 27.2. The second-order valence-electron chi connectivity index (χ2n) is 14.4. The summed E-state index contributed by atoms with van der Waals surface area (Å²) in [5, 5.41) is 3.74. The molecule has 0 spiro atoms. The minimum Gasteiger partial charge on any atom is -0.378 e. The molecule has 8 atom stereocenters. The highest BCUT2D eigenvalue weighted by atomic mass is 16.5. The molecular formula is C34H64N2O. The van der Waals surface area contributed by atoms with Gasteiger partial charge in [-0.2, -0.15) is 0 Å². The van der Waals surface area contributed by atoms with Gasteiger partial charge in [0.05, 0.1) is 6.10 Å². The number of ether oxygens (including phenoxy) is 1. The maximum Gasteiger partial charge on any atom is 0.0611 e. The second kappa shape index (κ2) is 14.5. The molecule has 0 saturated heterocycles. The second-order valence-corrected chi connectivity index (χ2v) is 14.4. The first-order valence-corrected chi connectivity index (χ1v) is 17.1. The molecule has 0 heterocycles. The van der Waals surface area contributed by atoms with Crippen molar-refractivity contribution in [3.63, 3.8) is 0 Å². The van der Waals surface area contributed by atoms with Gasteiger partial charge in [-0.15, -0.1) is 0 Å². The lowest BCUT2D eigenvalue weighted by molar-refractivity contribution is -0.178. The molecule has 4 rings (SSSR count). The van der Waals surface area contributed by atoms with Crippen LogP contribution in [-0.4, -0.2) is 32.3 Å². The Balaban J connectivity index is 1.27. The normalized spacial score (nSPS) is 39.2. The Bertz CT molecular complexity index is 654. The summed E-state index contributed by atoms with van der Waals surface area (Å²) >= 11 is 0. The summed E-state index contributed by atoms with van der Waals surface area (Å²) in [6.45, 7) is 11.8. The molecule has 4 fully saturated rings. The lowest BCUT2D eigenvalue weighted by Crippen LogP contribution is -2.58. The maximum absolute atomic E-state index is 6.76. The third kappa shape index (κ3) is 6.97. The molecular weight excluding hydrogens is 452 g/mol. The SMILES string of the molecule is CCCCCCCCNCCCCC1CCC2C3[C@H](OCCCN)CC4CCCCC4(C)[C@H]3CCC12C. The van der Waals surface area contributed by atoms with Crippen LogP contribution >= 0.6 is 0 Å². The lowest BCUT2D eigenvalue weighted by Gasteiger charge is -2.62. The Morgan fingerprint density at radius 2 is 1.54 bits per heavy atom. The monoisotopic (exact) mass is 517 g/mol. The van der Waals surface area contributed by atoms with E-state index in [4.69, 9.17) is 10.5 Å². The fourth-order valence-electron chi connectivity index (χ4n) is 10.1. The van der Waals surface area contributed by atoms with Crippen molar-refractivity contribution in [2.24, 2.45) is 46.2 Å². The standard InChI is InChI=1S/C34H64N2O/c1-4-5-6-7-8-12-23-36-24-13-10-15-27-17-18-29-32-30(19-21-34(27,29)3)33(2)20-11-9-16-28(33)26-31(32)37-25-14-22-35/h27-32,36H,4-26,35H2,1-3H3/t27?,28?,29?,30-,31+,32?,33?,34?/m0/s1. The van der Waals surface area contributed by atoms with E-state index < -0.39 is 0 Å². The van der Waals surface area contributed by atoms with E-state index in [9.17, 15) is 0 Å². The molecule has 0 aromatic carbocycles. The molecule has 4 aliphatic rings. The number of fused-ring (bicyclic) bond motifs is 5. The van der Waals surface area contributed by atoms with Crippen LogP contribution in [0.25, 0.3) is 0 Å². The highest BCUT2D eigenvalue weighted by Gasteiger charge is 2.62. The zero-order chi connectivity index (χ0) is 26.1. The quantitative estimate of drug-likeness (QED) is 0.202. The number of nitrogens with two attached hydrogens (primary N) is 1. The van der Waals surface area contributed by atoms with E-state index in [0.717, 1.165) is 49.2 Å². The van der Waals surface area contributed by atoms with Crippen LogP contribution in [0.5, 0.6) is 0 Å². The first-order valence-electron chi connectivity index (χ1n) is 17.1. The van der Waals surface area contributed by atoms with E-state index in [1.165, 1.54) is 129 Å². The molecule has 3 N–H and O–H groups in total. The Kier molecular flexibility index (Phi) is 11.7. The molecule has 6 unspecified atom stereocenters. The molecule has 3 nitrogen and oxygen atoms in total. The van der Waals surface area contributed by atoms with E-state index in [-0.39, 0.29) is 0 Å². The van der Waals surface area contributed by atoms with Crippen molar-refractivity contribution in [3.8, 4) is 0 Å². The van der Waals surface area contributed by atoms with Gasteiger partial charge in [0.2, 0.25) is 0 Å². The van der Waals surface area contributed by atoms with Crippen LogP contribution in [0.1, 0.15) is 143 Å². The van der Waals surface area contributed by atoms with Crippen molar-refractivity contribution in [3.05, 3.63) is 0 Å². The molecule has 37 heavy (non-hydrogen) atoms. The minimum absolute atomic E-state index is 0.502. The van der Waals surface area contributed by atoms with E-state index >= 15 is 0 Å². The van der Waals surface area contributed by atoms with E-state index in [1.807, 2.05) is 0 Å². The van der Waals surface area contributed by atoms with Crippen LogP contribution in [0.4, 0.5) is 0 Å². The van der Waals surface area contributed by atoms with Gasteiger partial charge < -0.3 is 15.8 Å². The molecule has 0 aliphatic heterocycles. The molecule has 0 amide bonds. The molecule has 0 aromatic rings. The Labute approximate surface area is 231 Å². The van der Waals surface area contributed by atoms with Crippen molar-refractivity contribution in [2.75, 3.05) is 26.2 Å². The predicted octanol–water partition coefficient (Wildman–Crippen LogP) is 8.50. The predicted molar refractivity (Wildman–Crippen MR) is 159 cm³/mol. The van der Waals surface area contributed by atoms with Crippen LogP contribution < -0.4 is 11.1 Å².